The Hall–Kier alpha value is -6.59. The van der Waals surface area contributed by atoms with Crippen molar-refractivity contribution in [3.05, 3.63) is 0 Å². The minimum Gasteiger partial charge on any atom is -0.394 e. The number of hydrogen-bond acceptors (Lipinski definition) is 30. The molecule has 41 heteroatoms. The molecule has 0 aromatic carbocycles. The third kappa shape index (κ3) is 44.6. The molecular weight excluding hydrogens is 1620 g/mol. The topological polar surface area (TPSA) is 597 Å². The molecule has 0 spiro atoms. The van der Waals surface area contributed by atoms with E-state index in [0.717, 1.165) is 51.4 Å². The highest BCUT2D eigenvalue weighted by Crippen LogP contribution is 2.32. The summed E-state index contributed by atoms with van der Waals surface area (Å²) in [6, 6.07) is -3.26. The minimum absolute atomic E-state index is 0.0262. The number of ether oxygens (including phenoxy) is 9. The maximum absolute atomic E-state index is 14.1. The van der Waals surface area contributed by atoms with Crippen LogP contribution in [0.4, 0.5) is 0 Å². The Morgan fingerprint density at radius 2 is 0.642 bits per heavy atom. The number of aliphatic hydroxyl groups excluding tert-OH is 10. The minimum atomic E-state index is -1.46. The van der Waals surface area contributed by atoms with Gasteiger partial charge in [0, 0.05) is 144 Å². The largest absolute Gasteiger partial charge is 0.394 e. The molecule has 15 unspecified atom stereocenters. The second-order valence-electron chi connectivity index (χ2n) is 33.4. The fraction of sp³-hybridized carbons (Fsp3) is 0.866. The Bertz CT molecular complexity index is 2850. The molecule has 4 aliphatic rings. The summed E-state index contributed by atoms with van der Waals surface area (Å²) in [7, 11) is 0. The molecule has 0 aliphatic carbocycles. The van der Waals surface area contributed by atoms with Gasteiger partial charge in [-0.3, -0.25) is 52.7 Å². The van der Waals surface area contributed by atoms with E-state index in [2.05, 4.69) is 73.9 Å². The maximum Gasteiger partial charge on any atom is 0.222 e. The van der Waals surface area contributed by atoms with Crippen molar-refractivity contribution >= 4 is 65.0 Å². The highest BCUT2D eigenvalue weighted by atomic mass is 16.7. The number of β-amino-alcohol motifs (C(OH)–C–C–N with tert-alkyl or cyclic N) is 1. The van der Waals surface area contributed by atoms with E-state index < -0.39 is 141 Å². The van der Waals surface area contributed by atoms with Crippen LogP contribution in [0.15, 0.2) is 0 Å². The van der Waals surface area contributed by atoms with Crippen molar-refractivity contribution in [2.45, 2.75) is 325 Å². The van der Waals surface area contributed by atoms with Gasteiger partial charge in [0.1, 0.15) is 78.6 Å². The van der Waals surface area contributed by atoms with Gasteiger partial charge in [-0.2, -0.15) is 0 Å². The predicted octanol–water partition coefficient (Wildman–Crippen LogP) is -3.38. The quantitative estimate of drug-likeness (QED) is 0.0264. The van der Waals surface area contributed by atoms with Crippen molar-refractivity contribution in [1.29, 1.82) is 0 Å². The average Bonchev–Trinajstić information content (AvgIpc) is 1.70. The number of nitrogens with one attached hydrogen (secondary N) is 10. The van der Waals surface area contributed by atoms with Crippen molar-refractivity contribution in [3.63, 3.8) is 0 Å². The van der Waals surface area contributed by atoms with Crippen molar-refractivity contribution in [3.8, 4) is 0 Å². The molecule has 0 aromatic heterocycles. The van der Waals surface area contributed by atoms with Crippen LogP contribution in [0.1, 0.15) is 215 Å². The number of carbonyl (C=O) groups is 11. The van der Waals surface area contributed by atoms with Crippen molar-refractivity contribution in [2.75, 3.05) is 125 Å². The molecule has 4 rings (SSSR count). The van der Waals surface area contributed by atoms with Crippen LogP contribution in [-0.2, 0) is 95.4 Å². The van der Waals surface area contributed by atoms with Crippen molar-refractivity contribution in [1.82, 2.24) is 58.1 Å². The molecule has 4 heterocycles. The number of nitrogens with zero attached hydrogens (tertiary/aromatic N) is 1. The number of hydrogen-bond donors (Lipinski definition) is 20. The molecule has 41 nitrogen and oxygen atoms in total. The number of likely N-dealkylation sites (tertiary alicyclic amines) is 1. The van der Waals surface area contributed by atoms with E-state index in [1.165, 1.54) is 20.8 Å². The van der Waals surface area contributed by atoms with Gasteiger partial charge < -0.3 is 152 Å². The lowest BCUT2D eigenvalue weighted by Gasteiger charge is -2.42. The van der Waals surface area contributed by atoms with E-state index in [4.69, 9.17) is 42.6 Å². The van der Waals surface area contributed by atoms with Gasteiger partial charge in [0.25, 0.3) is 0 Å². The smallest absolute Gasteiger partial charge is 0.222 e. The number of carbonyl (C=O) groups excluding carboxylic acids is 11. The zero-order valence-corrected chi connectivity index (χ0v) is 72.9. The number of unbranched alkanes of at least 4 members (excludes halogenated alkanes) is 10. The standard InChI is InChI=1S/C82H147N11O30/c1-53(97)89-69-75(112)72(109)58(47-94)121-78(69)118-38-18-15-24-61(101)83-32-21-35-86-64(104)29-41-115-50-82(92-67(107)27-13-11-9-7-8-10-12-14-28-68(108)93-46-57(100)44-56(93)45-81(4,5)6,51-116-42-30-65(105)87-36-22-33-84-62(102)25-16-19-39-119-79-70(90-54(2)98)76(113)73(110)59(48-95)122-79)52-117-43-31-66(106)88-37-23-34-85-63(103)26-17-20-40-120-80-71(91-55(3)99)77(114)74(111)60(49-96)123-80/h56-60,69-80,94-96,100,109-114H,7-52H2,1-6H3,(H,83,101)(H,84,102)(H,85,103)(H,86,104)(H,87,105)(H,88,106)(H,89,97)(H,90,98)(H,91,99)(H,92,107)/t56-,57+,58?,59?,60?,69?,70?,71?,72?,73?,74?,75?,76?,77?,78?,79?,80?,82?/m0/s1. The summed E-state index contributed by atoms with van der Waals surface area (Å²) in [5, 5.41) is 129. The van der Waals surface area contributed by atoms with Crippen LogP contribution in [-0.4, -0.2) is 356 Å². The summed E-state index contributed by atoms with van der Waals surface area (Å²) >= 11 is 0. The van der Waals surface area contributed by atoms with E-state index in [0.29, 0.717) is 83.6 Å². The van der Waals surface area contributed by atoms with E-state index in [1.54, 1.807) is 0 Å². The first-order chi connectivity index (χ1) is 58.7. The first kappa shape index (κ1) is 109. The van der Waals surface area contributed by atoms with Crippen LogP contribution in [0, 0.1) is 5.41 Å². The summed E-state index contributed by atoms with van der Waals surface area (Å²) in [6.45, 7) is 9.12. The van der Waals surface area contributed by atoms with Crippen LogP contribution < -0.4 is 53.2 Å². The van der Waals surface area contributed by atoms with E-state index >= 15 is 0 Å². The molecule has 0 saturated carbocycles. The van der Waals surface area contributed by atoms with E-state index in [1.807, 2.05) is 4.90 Å². The van der Waals surface area contributed by atoms with Gasteiger partial charge in [-0.25, -0.2) is 0 Å². The highest BCUT2D eigenvalue weighted by Gasteiger charge is 2.48. The second kappa shape index (κ2) is 61.0. The van der Waals surface area contributed by atoms with E-state index in [9.17, 15) is 104 Å². The summed E-state index contributed by atoms with van der Waals surface area (Å²) < 4.78 is 52.3. The second-order valence-corrected chi connectivity index (χ2v) is 33.4. The molecular formula is C82H147N11O30. The third-order valence-electron chi connectivity index (χ3n) is 21.1. The summed E-state index contributed by atoms with van der Waals surface area (Å²) in [4.78, 5) is 142. The molecule has 123 heavy (non-hydrogen) atoms. The molecule has 4 fully saturated rings. The van der Waals surface area contributed by atoms with Crippen LogP contribution in [0.3, 0.4) is 0 Å². The molecule has 11 amide bonds. The Morgan fingerprint density at radius 3 is 0.943 bits per heavy atom. The monoisotopic (exact) mass is 1770 g/mol. The SMILES string of the molecule is CC(=O)NC1C(OCCCCC(=O)NCCCNC(=O)CCOCC(COCCC(=O)NCCCNC(=O)CCCCOC2OC(CO)C(O)C(O)C2NC(C)=O)(COCCC(=O)NCCCNC(=O)CCCCOC2OC(CO)C(O)C(O)C2NC(C)=O)NC(=O)CCCCCCCCCCC(=O)N2C[C@H](O)C[C@H]2CC(C)(C)C)OC(CO)C(O)C1O. The summed E-state index contributed by atoms with van der Waals surface area (Å²) in [5.74, 6) is -3.64. The lowest BCUT2D eigenvalue weighted by molar-refractivity contribution is -0.270. The molecule has 20 N–H and O–H groups in total. The van der Waals surface area contributed by atoms with Crippen molar-refractivity contribution < 1.29 is 146 Å². The molecule has 710 valence electrons. The maximum atomic E-state index is 14.1. The van der Waals surface area contributed by atoms with Crippen LogP contribution in [0.5, 0.6) is 0 Å². The molecule has 17 atom stereocenters. The van der Waals surface area contributed by atoms with Crippen LogP contribution >= 0.6 is 0 Å². The van der Waals surface area contributed by atoms with Gasteiger partial charge in [0.15, 0.2) is 18.9 Å². The fourth-order valence-corrected chi connectivity index (χ4v) is 14.5. The first-order valence-corrected chi connectivity index (χ1v) is 43.9. The van der Waals surface area contributed by atoms with E-state index in [-0.39, 0.29) is 202 Å². The molecule has 4 aliphatic heterocycles. The summed E-state index contributed by atoms with van der Waals surface area (Å²) in [6.07, 6.45) is -4.01. The predicted molar refractivity (Wildman–Crippen MR) is 441 cm³/mol. The number of rotatable bonds is 64. The Balaban J connectivity index is 1.31. The van der Waals surface area contributed by atoms with Gasteiger partial charge >= 0.3 is 0 Å². The zero-order chi connectivity index (χ0) is 90.7. The fourth-order valence-electron chi connectivity index (χ4n) is 14.5. The van der Waals surface area contributed by atoms with Crippen LogP contribution in [0.25, 0.3) is 0 Å². The number of aliphatic hydroxyl groups is 10. The lowest BCUT2D eigenvalue weighted by Crippen LogP contribution is -2.64. The zero-order valence-electron chi connectivity index (χ0n) is 72.9. The molecule has 4 saturated heterocycles. The van der Waals surface area contributed by atoms with Gasteiger partial charge in [-0.05, 0) is 88.9 Å². The lowest BCUT2D eigenvalue weighted by atomic mass is 9.87. The molecule has 0 radical (unpaired) electrons. The molecule has 0 bridgehead atoms. The number of amides is 11. The van der Waals surface area contributed by atoms with Crippen LogP contribution in [0.2, 0.25) is 0 Å². The normalized spacial score (nSPS) is 25.1. The highest BCUT2D eigenvalue weighted by molar-refractivity contribution is 5.80. The summed E-state index contributed by atoms with van der Waals surface area (Å²) in [5.41, 5.74) is -1.40. The molecule has 0 aromatic rings. The third-order valence-corrected chi connectivity index (χ3v) is 21.1. The first-order valence-electron chi connectivity index (χ1n) is 43.9. The van der Waals surface area contributed by atoms with Gasteiger partial charge in [-0.15, -0.1) is 0 Å². The van der Waals surface area contributed by atoms with Gasteiger partial charge in [-0.1, -0.05) is 59.3 Å². The Labute approximate surface area is 721 Å². The Kier molecular flexibility index (Phi) is 53.9. The van der Waals surface area contributed by atoms with Gasteiger partial charge in [0.05, 0.1) is 65.6 Å². The van der Waals surface area contributed by atoms with Gasteiger partial charge in [0.2, 0.25) is 65.0 Å². The average molecular weight is 1770 g/mol. The van der Waals surface area contributed by atoms with Crippen molar-refractivity contribution in [2.24, 2.45) is 5.41 Å². The Morgan fingerprint density at radius 1 is 0.358 bits per heavy atom.